The molecule has 4 nitrogen and oxygen atoms in total. The molecule has 0 radical (unpaired) electrons. The van der Waals surface area contributed by atoms with Crippen LogP contribution in [0.1, 0.15) is 12.0 Å². The summed E-state index contributed by atoms with van der Waals surface area (Å²) in [4.78, 5) is 13.4. The molecule has 1 amide bonds. The summed E-state index contributed by atoms with van der Waals surface area (Å²) in [5.41, 5.74) is 1.09. The Morgan fingerprint density at radius 1 is 1.59 bits per heavy atom. The number of nitrogens with zero attached hydrogens (tertiary/aromatic N) is 2. The van der Waals surface area contributed by atoms with Crippen LogP contribution in [0.3, 0.4) is 0 Å². The number of amides is 1. The number of anilines is 1. The molecule has 1 aliphatic rings. The van der Waals surface area contributed by atoms with E-state index in [9.17, 15) is 4.79 Å². The van der Waals surface area contributed by atoms with Crippen molar-refractivity contribution in [2.75, 3.05) is 18.1 Å². The predicted molar refractivity (Wildman–Crippen MR) is 66.4 cm³/mol. The molecule has 1 unspecified atom stereocenters. The van der Waals surface area contributed by atoms with Crippen molar-refractivity contribution in [3.05, 3.63) is 28.2 Å². The second-order valence-corrected chi connectivity index (χ2v) is 4.95. The van der Waals surface area contributed by atoms with Gasteiger partial charge in [0.05, 0.1) is 11.3 Å². The molecule has 0 aromatic heterocycles. The van der Waals surface area contributed by atoms with Crippen LogP contribution in [-0.2, 0) is 4.79 Å². The van der Waals surface area contributed by atoms with Crippen LogP contribution in [0.25, 0.3) is 0 Å². The highest BCUT2D eigenvalue weighted by Gasteiger charge is 2.31. The van der Waals surface area contributed by atoms with Gasteiger partial charge in [0, 0.05) is 30.0 Å². The lowest BCUT2D eigenvalue weighted by atomic mass is 10.1. The third-order valence-electron chi connectivity index (χ3n) is 2.83. The summed E-state index contributed by atoms with van der Waals surface area (Å²) in [5.74, 6) is -0.0689. The SMILES string of the molecule is N#Cc1cc(Br)ccc1N1CC(CO)CC1=O. The average molecular weight is 295 g/mol. The highest BCUT2D eigenvalue weighted by Crippen LogP contribution is 2.29. The molecule has 1 aliphatic heterocycles. The molecule has 5 heteroatoms. The Labute approximate surface area is 108 Å². The van der Waals surface area contributed by atoms with Gasteiger partial charge in [-0.3, -0.25) is 4.79 Å². The predicted octanol–water partition coefficient (Wildman–Crippen LogP) is 1.67. The highest BCUT2D eigenvalue weighted by atomic mass is 79.9. The zero-order chi connectivity index (χ0) is 12.4. The van der Waals surface area contributed by atoms with Crippen LogP contribution >= 0.6 is 15.9 Å². The van der Waals surface area contributed by atoms with Crippen molar-refractivity contribution in [2.24, 2.45) is 5.92 Å². The number of rotatable bonds is 2. The lowest BCUT2D eigenvalue weighted by Crippen LogP contribution is -2.25. The van der Waals surface area contributed by atoms with Gasteiger partial charge in [-0.15, -0.1) is 0 Å². The number of carbonyl (C=O) groups excluding carboxylic acids is 1. The molecular formula is C12H11BrN2O2. The van der Waals surface area contributed by atoms with Crippen LogP contribution < -0.4 is 4.90 Å². The monoisotopic (exact) mass is 294 g/mol. The van der Waals surface area contributed by atoms with E-state index in [1.807, 2.05) is 0 Å². The Hall–Kier alpha value is -1.38. The van der Waals surface area contributed by atoms with Crippen molar-refractivity contribution in [1.29, 1.82) is 5.26 Å². The van der Waals surface area contributed by atoms with Crippen molar-refractivity contribution in [3.63, 3.8) is 0 Å². The van der Waals surface area contributed by atoms with E-state index in [1.54, 1.807) is 23.1 Å². The van der Waals surface area contributed by atoms with E-state index < -0.39 is 0 Å². The summed E-state index contributed by atoms with van der Waals surface area (Å²) in [6.45, 7) is 0.478. The van der Waals surface area contributed by atoms with Gasteiger partial charge in [0.1, 0.15) is 6.07 Å². The van der Waals surface area contributed by atoms with Gasteiger partial charge in [-0.05, 0) is 18.2 Å². The number of hydrogen-bond acceptors (Lipinski definition) is 3. The number of aliphatic hydroxyl groups is 1. The first kappa shape index (κ1) is 12.1. The molecule has 1 heterocycles. The van der Waals surface area contributed by atoms with Crippen LogP contribution in [0, 0.1) is 17.2 Å². The van der Waals surface area contributed by atoms with E-state index in [-0.39, 0.29) is 18.4 Å². The first-order chi connectivity index (χ1) is 8.15. The first-order valence-corrected chi connectivity index (χ1v) is 6.06. The molecule has 1 atom stereocenters. The van der Waals surface area contributed by atoms with Gasteiger partial charge in [-0.2, -0.15) is 5.26 Å². The van der Waals surface area contributed by atoms with E-state index in [1.165, 1.54) is 0 Å². The lowest BCUT2D eigenvalue weighted by molar-refractivity contribution is -0.117. The summed E-state index contributed by atoms with van der Waals surface area (Å²) in [5, 5.41) is 18.1. The van der Waals surface area contributed by atoms with Gasteiger partial charge in [0.25, 0.3) is 0 Å². The van der Waals surface area contributed by atoms with E-state index >= 15 is 0 Å². The normalized spacial score (nSPS) is 19.5. The zero-order valence-electron chi connectivity index (χ0n) is 9.06. The molecular weight excluding hydrogens is 284 g/mol. The zero-order valence-corrected chi connectivity index (χ0v) is 10.6. The van der Waals surface area contributed by atoms with Crippen molar-refractivity contribution in [1.82, 2.24) is 0 Å². The van der Waals surface area contributed by atoms with Crippen LogP contribution in [0.4, 0.5) is 5.69 Å². The lowest BCUT2D eigenvalue weighted by Gasteiger charge is -2.17. The van der Waals surface area contributed by atoms with Gasteiger partial charge in [0.2, 0.25) is 5.91 Å². The number of nitriles is 1. The maximum atomic E-state index is 11.8. The summed E-state index contributed by atoms with van der Waals surface area (Å²) in [6, 6.07) is 7.32. The molecule has 1 saturated heterocycles. The van der Waals surface area contributed by atoms with E-state index in [0.717, 1.165) is 4.47 Å². The molecule has 0 spiro atoms. The molecule has 88 valence electrons. The van der Waals surface area contributed by atoms with E-state index in [4.69, 9.17) is 10.4 Å². The minimum Gasteiger partial charge on any atom is -0.396 e. The topological polar surface area (TPSA) is 64.3 Å². The van der Waals surface area contributed by atoms with Gasteiger partial charge < -0.3 is 10.0 Å². The third kappa shape index (κ3) is 2.33. The number of hydrogen-bond donors (Lipinski definition) is 1. The molecule has 1 fully saturated rings. The van der Waals surface area contributed by atoms with E-state index in [2.05, 4.69) is 22.0 Å². The molecule has 2 rings (SSSR count). The molecule has 0 saturated carbocycles. The quantitative estimate of drug-likeness (QED) is 0.902. The minimum atomic E-state index is -0.0390. The van der Waals surface area contributed by atoms with Crippen LogP contribution in [0.15, 0.2) is 22.7 Å². The Morgan fingerprint density at radius 2 is 2.35 bits per heavy atom. The van der Waals surface area contributed by atoms with Gasteiger partial charge in [-0.25, -0.2) is 0 Å². The average Bonchev–Trinajstić information content (AvgIpc) is 2.70. The van der Waals surface area contributed by atoms with Crippen molar-refractivity contribution in [3.8, 4) is 6.07 Å². The fourth-order valence-corrected chi connectivity index (χ4v) is 2.33. The first-order valence-electron chi connectivity index (χ1n) is 5.26. The van der Waals surface area contributed by atoms with Crippen LogP contribution in [0.2, 0.25) is 0 Å². The van der Waals surface area contributed by atoms with Crippen LogP contribution in [-0.4, -0.2) is 24.2 Å². The fraction of sp³-hybridized carbons (Fsp3) is 0.333. The Morgan fingerprint density at radius 3 is 2.94 bits per heavy atom. The van der Waals surface area contributed by atoms with Gasteiger partial charge in [0.15, 0.2) is 0 Å². The van der Waals surface area contributed by atoms with Crippen molar-refractivity contribution >= 4 is 27.5 Å². The Balaban J connectivity index is 2.35. The molecule has 17 heavy (non-hydrogen) atoms. The maximum absolute atomic E-state index is 11.8. The largest absolute Gasteiger partial charge is 0.396 e. The summed E-state index contributed by atoms with van der Waals surface area (Å²) < 4.78 is 0.808. The summed E-state index contributed by atoms with van der Waals surface area (Å²) >= 11 is 3.29. The second kappa shape index (κ2) is 4.86. The van der Waals surface area contributed by atoms with E-state index in [0.29, 0.717) is 24.2 Å². The van der Waals surface area contributed by atoms with Crippen molar-refractivity contribution < 1.29 is 9.90 Å². The van der Waals surface area contributed by atoms with Crippen LogP contribution in [0.5, 0.6) is 0 Å². The molecule has 0 bridgehead atoms. The molecule has 1 aromatic carbocycles. The Bertz CT molecular complexity index is 496. The second-order valence-electron chi connectivity index (χ2n) is 4.03. The number of halogens is 1. The van der Waals surface area contributed by atoms with Gasteiger partial charge in [-0.1, -0.05) is 15.9 Å². The molecule has 1 N–H and O–H groups in total. The molecule has 1 aromatic rings. The highest BCUT2D eigenvalue weighted by molar-refractivity contribution is 9.10. The number of carbonyl (C=O) groups is 1. The van der Waals surface area contributed by atoms with Gasteiger partial charge >= 0.3 is 0 Å². The minimum absolute atomic E-state index is 0.000650. The molecule has 0 aliphatic carbocycles. The summed E-state index contributed by atoms with van der Waals surface area (Å²) in [7, 11) is 0. The third-order valence-corrected chi connectivity index (χ3v) is 3.33. The standard InChI is InChI=1S/C12H11BrN2O2/c13-10-1-2-11(9(4-10)5-14)15-6-8(7-16)3-12(15)17/h1-2,4,8,16H,3,6-7H2. The number of benzene rings is 1. The Kier molecular flexibility index (Phi) is 3.46. The summed E-state index contributed by atoms with van der Waals surface area (Å²) in [6.07, 6.45) is 0.345. The number of aliphatic hydroxyl groups excluding tert-OH is 1. The fourth-order valence-electron chi connectivity index (χ4n) is 1.97. The smallest absolute Gasteiger partial charge is 0.227 e. The van der Waals surface area contributed by atoms with Crippen molar-refractivity contribution in [2.45, 2.75) is 6.42 Å². The maximum Gasteiger partial charge on any atom is 0.227 e.